The third-order valence-corrected chi connectivity index (χ3v) is 5.90. The summed E-state index contributed by atoms with van der Waals surface area (Å²) in [6, 6.07) is -0.000251. The number of amides is 1. The number of carbonyl (C=O) groups excluding carboxylic acids is 3. The van der Waals surface area contributed by atoms with Crippen LogP contribution in [0, 0.1) is 0 Å². The topological polar surface area (TPSA) is 122 Å². The quantitative estimate of drug-likeness (QED) is 0.0609. The first-order chi connectivity index (χ1) is 15.9. The average molecular weight is 483 g/mol. The van der Waals surface area contributed by atoms with E-state index < -0.39 is 11.9 Å². The predicted octanol–water partition coefficient (Wildman–Crippen LogP) is 2.56. The number of ether oxygens (including phenoxy) is 1. The molecule has 9 nitrogen and oxygen atoms in total. The molecule has 0 aromatic heterocycles. The van der Waals surface area contributed by atoms with Crippen molar-refractivity contribution < 1.29 is 33.5 Å². The third kappa shape index (κ3) is 13.3. The number of aliphatic carboxylic acids is 1. The van der Waals surface area contributed by atoms with Crippen molar-refractivity contribution in [2.45, 2.75) is 77.4 Å². The number of aldehydes is 1. The Kier molecular flexibility index (Phi) is 15.7. The van der Waals surface area contributed by atoms with E-state index in [9.17, 15) is 24.3 Å². The molecule has 3 N–H and O–H groups in total. The molecule has 0 bridgehead atoms. The summed E-state index contributed by atoms with van der Waals surface area (Å²) < 4.78 is 5.50. The van der Waals surface area contributed by atoms with E-state index >= 15 is 0 Å². The number of nitrogens with one attached hydrogen (secondary N) is 2. The zero-order valence-corrected chi connectivity index (χ0v) is 21.4. The SMILES string of the molecule is C=C(C)C(=O)NC(CCNCCCOC(=O)C(=C)C)[N+](C)(C)C(CCCCC=O)CCC(=O)O. The molecule has 0 saturated heterocycles. The molecule has 0 aromatic rings. The summed E-state index contributed by atoms with van der Waals surface area (Å²) in [4.78, 5) is 45.8. The highest BCUT2D eigenvalue weighted by molar-refractivity contribution is 5.92. The van der Waals surface area contributed by atoms with Crippen LogP contribution in [-0.2, 0) is 23.9 Å². The zero-order chi connectivity index (χ0) is 26.1. The fourth-order valence-corrected chi connectivity index (χ4v) is 3.66. The first kappa shape index (κ1) is 31.5. The van der Waals surface area contributed by atoms with E-state index in [0.29, 0.717) is 61.0 Å². The summed E-state index contributed by atoms with van der Waals surface area (Å²) in [6.45, 7) is 12.1. The molecule has 2 atom stereocenters. The fourth-order valence-electron chi connectivity index (χ4n) is 3.66. The summed E-state index contributed by atoms with van der Waals surface area (Å²) in [7, 11) is 4.01. The Hall–Kier alpha value is -2.52. The van der Waals surface area contributed by atoms with Gasteiger partial charge in [0.2, 0.25) is 0 Å². The highest BCUT2D eigenvalue weighted by Gasteiger charge is 2.37. The Morgan fingerprint density at radius 1 is 1.00 bits per heavy atom. The van der Waals surface area contributed by atoms with E-state index in [1.165, 1.54) is 0 Å². The van der Waals surface area contributed by atoms with E-state index in [0.717, 1.165) is 25.5 Å². The normalized spacial score (nSPS) is 12.9. The summed E-state index contributed by atoms with van der Waals surface area (Å²) in [5, 5.41) is 15.6. The summed E-state index contributed by atoms with van der Waals surface area (Å²) in [5.41, 5.74) is 0.776. The van der Waals surface area contributed by atoms with Gasteiger partial charge in [0.15, 0.2) is 6.17 Å². The van der Waals surface area contributed by atoms with Crippen LogP contribution in [0.3, 0.4) is 0 Å². The summed E-state index contributed by atoms with van der Waals surface area (Å²) >= 11 is 0. The zero-order valence-electron chi connectivity index (χ0n) is 21.4. The molecule has 1 amide bonds. The van der Waals surface area contributed by atoms with Crippen molar-refractivity contribution in [2.24, 2.45) is 0 Å². The van der Waals surface area contributed by atoms with Crippen LogP contribution < -0.4 is 10.6 Å². The molecule has 194 valence electrons. The third-order valence-electron chi connectivity index (χ3n) is 5.90. The van der Waals surface area contributed by atoms with Crippen LogP contribution in [-0.4, -0.2) is 79.7 Å². The van der Waals surface area contributed by atoms with E-state index in [1.807, 2.05) is 14.1 Å². The Bertz CT molecular complexity index is 705. The summed E-state index contributed by atoms with van der Waals surface area (Å²) in [5.74, 6) is -1.49. The second kappa shape index (κ2) is 17.0. The van der Waals surface area contributed by atoms with Gasteiger partial charge in [-0.2, -0.15) is 0 Å². The molecular weight excluding hydrogens is 438 g/mol. The minimum atomic E-state index is -0.852. The number of carboxylic acids is 1. The van der Waals surface area contributed by atoms with Crippen LogP contribution in [0.1, 0.15) is 65.2 Å². The van der Waals surface area contributed by atoms with Gasteiger partial charge < -0.3 is 29.8 Å². The predicted molar refractivity (Wildman–Crippen MR) is 132 cm³/mol. The van der Waals surface area contributed by atoms with Crippen LogP contribution in [0.5, 0.6) is 0 Å². The lowest BCUT2D eigenvalue weighted by Crippen LogP contribution is -2.63. The van der Waals surface area contributed by atoms with Crippen molar-refractivity contribution in [1.29, 1.82) is 0 Å². The lowest BCUT2D eigenvalue weighted by Gasteiger charge is -2.44. The van der Waals surface area contributed by atoms with Crippen molar-refractivity contribution in [1.82, 2.24) is 10.6 Å². The smallest absolute Gasteiger partial charge is 0.333 e. The van der Waals surface area contributed by atoms with Gasteiger partial charge in [0, 0.05) is 37.0 Å². The van der Waals surface area contributed by atoms with Crippen LogP contribution >= 0.6 is 0 Å². The highest BCUT2D eigenvalue weighted by atomic mass is 16.5. The number of carbonyl (C=O) groups is 4. The van der Waals surface area contributed by atoms with Crippen LogP contribution in [0.25, 0.3) is 0 Å². The first-order valence-electron chi connectivity index (χ1n) is 11.9. The minimum absolute atomic E-state index is 0.000251. The standard InChI is InChI=1S/C25H43N3O6/c1-19(2)24(32)27-22(14-16-26-15-10-18-34-25(33)20(3)4)28(5,6)21(12-13-23(30)31)11-8-7-9-17-29/h17,21-22,26H,1,3,7-16,18H2,2,4-6H3,(H-,27,30,31,32)/p+1. The number of esters is 1. The fraction of sp³-hybridized carbons (Fsp3) is 0.680. The van der Waals surface area contributed by atoms with Crippen molar-refractivity contribution in [2.75, 3.05) is 33.8 Å². The van der Waals surface area contributed by atoms with E-state index in [2.05, 4.69) is 23.8 Å². The molecule has 34 heavy (non-hydrogen) atoms. The van der Waals surface area contributed by atoms with Gasteiger partial charge in [0.25, 0.3) is 5.91 Å². The first-order valence-corrected chi connectivity index (χ1v) is 11.9. The maximum Gasteiger partial charge on any atom is 0.333 e. The van der Waals surface area contributed by atoms with E-state index in [1.54, 1.807) is 13.8 Å². The number of carboxylic acid groups (broad SMARTS) is 1. The van der Waals surface area contributed by atoms with Gasteiger partial charge in [-0.1, -0.05) is 13.2 Å². The second-order valence-corrected chi connectivity index (χ2v) is 9.24. The number of hydrogen-bond acceptors (Lipinski definition) is 6. The molecular formula is C25H44N3O6+. The number of unbranched alkanes of at least 4 members (excludes halogenated alkanes) is 2. The van der Waals surface area contributed by atoms with Crippen molar-refractivity contribution in [3.63, 3.8) is 0 Å². The Balaban J connectivity index is 5.11. The molecule has 0 fully saturated rings. The van der Waals surface area contributed by atoms with Gasteiger partial charge in [-0.3, -0.25) is 9.59 Å². The molecule has 0 aromatic carbocycles. The largest absolute Gasteiger partial charge is 0.481 e. The second-order valence-electron chi connectivity index (χ2n) is 9.24. The van der Waals surface area contributed by atoms with Gasteiger partial charge in [-0.25, -0.2) is 4.79 Å². The van der Waals surface area contributed by atoms with Crippen molar-refractivity contribution in [3.05, 3.63) is 24.3 Å². The Morgan fingerprint density at radius 3 is 2.24 bits per heavy atom. The molecule has 0 aliphatic heterocycles. The van der Waals surface area contributed by atoms with E-state index in [4.69, 9.17) is 4.74 Å². The van der Waals surface area contributed by atoms with E-state index in [-0.39, 0.29) is 24.5 Å². The van der Waals surface area contributed by atoms with Crippen LogP contribution in [0.2, 0.25) is 0 Å². The monoisotopic (exact) mass is 482 g/mol. The maximum absolute atomic E-state index is 12.5. The molecule has 0 aliphatic rings. The van der Waals surface area contributed by atoms with Crippen LogP contribution in [0.15, 0.2) is 24.3 Å². The minimum Gasteiger partial charge on any atom is -0.481 e. The lowest BCUT2D eigenvalue weighted by molar-refractivity contribution is -0.941. The molecule has 0 spiro atoms. The average Bonchev–Trinajstić information content (AvgIpc) is 2.75. The molecule has 0 saturated carbocycles. The van der Waals surface area contributed by atoms with Gasteiger partial charge in [-0.05, 0) is 46.1 Å². The number of nitrogens with zero attached hydrogens (tertiary/aromatic N) is 1. The molecule has 2 unspecified atom stereocenters. The number of hydrogen-bond donors (Lipinski definition) is 3. The lowest BCUT2D eigenvalue weighted by atomic mass is 9.99. The molecule has 0 aliphatic carbocycles. The van der Waals surface area contributed by atoms with Gasteiger partial charge >= 0.3 is 11.9 Å². The Morgan fingerprint density at radius 2 is 1.68 bits per heavy atom. The molecule has 9 heteroatoms. The van der Waals surface area contributed by atoms with Crippen LogP contribution in [0.4, 0.5) is 0 Å². The van der Waals surface area contributed by atoms with Gasteiger partial charge in [-0.15, -0.1) is 0 Å². The van der Waals surface area contributed by atoms with Crippen molar-refractivity contribution in [3.8, 4) is 0 Å². The maximum atomic E-state index is 12.5. The number of quaternary nitrogens is 1. The number of rotatable bonds is 20. The van der Waals surface area contributed by atoms with Crippen molar-refractivity contribution >= 4 is 24.1 Å². The molecule has 0 radical (unpaired) electrons. The summed E-state index contributed by atoms with van der Waals surface area (Å²) in [6.07, 6.45) is 5.24. The van der Waals surface area contributed by atoms with Gasteiger partial charge in [0.1, 0.15) is 6.29 Å². The molecule has 0 rings (SSSR count). The molecule has 0 heterocycles. The van der Waals surface area contributed by atoms with Gasteiger partial charge in [0.05, 0.1) is 33.2 Å². The highest BCUT2D eigenvalue weighted by Crippen LogP contribution is 2.24. The Labute approximate surface area is 204 Å².